The maximum atomic E-state index is 13.0. The van der Waals surface area contributed by atoms with Crippen molar-refractivity contribution in [1.29, 1.82) is 0 Å². The summed E-state index contributed by atoms with van der Waals surface area (Å²) >= 11 is 1.08. The fourth-order valence-corrected chi connectivity index (χ4v) is 2.08. The average molecular weight is 288 g/mol. The minimum Gasteiger partial charge on any atom is -0.481 e. The standard InChI is InChI=1S/C11H7F3N2O2S/c12-7-1-5(2-8(13)10(7)14)15-11-16-6(4-19-11)3-9(17)18/h1-2,4H,3H2,(H,15,16)(H,17,18). The second-order valence-corrected chi connectivity index (χ2v) is 4.45. The Labute approximate surface area is 109 Å². The molecule has 0 saturated carbocycles. The number of carboxylic acids is 1. The molecule has 0 fully saturated rings. The number of nitrogens with zero attached hydrogens (tertiary/aromatic N) is 1. The molecule has 0 aliphatic rings. The molecule has 0 atom stereocenters. The summed E-state index contributed by atoms with van der Waals surface area (Å²) in [7, 11) is 0. The van der Waals surface area contributed by atoms with E-state index in [0.29, 0.717) is 5.69 Å². The maximum Gasteiger partial charge on any atom is 0.309 e. The van der Waals surface area contributed by atoms with Gasteiger partial charge in [-0.15, -0.1) is 11.3 Å². The third kappa shape index (κ3) is 3.22. The van der Waals surface area contributed by atoms with Crippen LogP contribution in [-0.4, -0.2) is 16.1 Å². The van der Waals surface area contributed by atoms with Gasteiger partial charge in [-0.05, 0) is 0 Å². The Bertz CT molecular complexity index is 607. The highest BCUT2D eigenvalue weighted by Crippen LogP contribution is 2.24. The van der Waals surface area contributed by atoms with Crippen molar-refractivity contribution < 1.29 is 23.1 Å². The van der Waals surface area contributed by atoms with Crippen LogP contribution in [0.15, 0.2) is 17.5 Å². The molecule has 0 aliphatic heterocycles. The van der Waals surface area contributed by atoms with Crippen molar-refractivity contribution in [3.8, 4) is 0 Å². The molecular formula is C11H7F3N2O2S. The molecule has 0 saturated heterocycles. The monoisotopic (exact) mass is 288 g/mol. The zero-order chi connectivity index (χ0) is 14.0. The van der Waals surface area contributed by atoms with Crippen LogP contribution in [0.5, 0.6) is 0 Å². The minimum absolute atomic E-state index is 0.00683. The fourth-order valence-electron chi connectivity index (χ4n) is 1.35. The first kappa shape index (κ1) is 13.3. The second kappa shape index (κ2) is 5.27. The van der Waals surface area contributed by atoms with Crippen LogP contribution in [0.3, 0.4) is 0 Å². The predicted octanol–water partition coefficient (Wildman–Crippen LogP) is 2.93. The van der Waals surface area contributed by atoms with Crippen molar-refractivity contribution in [2.75, 3.05) is 5.32 Å². The smallest absolute Gasteiger partial charge is 0.309 e. The van der Waals surface area contributed by atoms with Crippen LogP contribution in [0.4, 0.5) is 24.0 Å². The van der Waals surface area contributed by atoms with E-state index in [2.05, 4.69) is 10.3 Å². The van der Waals surface area contributed by atoms with Crippen LogP contribution in [0.25, 0.3) is 0 Å². The Kier molecular flexibility index (Phi) is 3.70. The summed E-state index contributed by atoms with van der Waals surface area (Å²) in [5.74, 6) is -5.21. The van der Waals surface area contributed by atoms with Crippen molar-refractivity contribution >= 4 is 28.1 Å². The number of anilines is 2. The van der Waals surface area contributed by atoms with Crippen molar-refractivity contribution in [3.05, 3.63) is 40.7 Å². The lowest BCUT2D eigenvalue weighted by molar-refractivity contribution is -0.136. The summed E-state index contributed by atoms with van der Waals surface area (Å²) in [6.07, 6.45) is -0.246. The van der Waals surface area contributed by atoms with Crippen molar-refractivity contribution in [2.45, 2.75) is 6.42 Å². The number of thiazole rings is 1. The Hall–Kier alpha value is -2.09. The maximum absolute atomic E-state index is 13.0. The molecule has 0 spiro atoms. The van der Waals surface area contributed by atoms with Gasteiger partial charge in [0, 0.05) is 23.2 Å². The number of aromatic nitrogens is 1. The van der Waals surface area contributed by atoms with Crippen LogP contribution in [0.1, 0.15) is 5.69 Å². The van der Waals surface area contributed by atoms with Gasteiger partial charge < -0.3 is 10.4 Å². The first-order valence-corrected chi connectivity index (χ1v) is 5.91. The molecule has 1 aromatic carbocycles. The number of nitrogens with one attached hydrogen (secondary N) is 1. The molecule has 2 aromatic rings. The van der Waals surface area contributed by atoms with E-state index in [9.17, 15) is 18.0 Å². The van der Waals surface area contributed by atoms with Crippen molar-refractivity contribution in [1.82, 2.24) is 4.98 Å². The zero-order valence-electron chi connectivity index (χ0n) is 9.28. The first-order chi connectivity index (χ1) is 8.95. The molecule has 0 bridgehead atoms. The molecule has 2 N–H and O–H groups in total. The minimum atomic E-state index is -1.55. The summed E-state index contributed by atoms with van der Waals surface area (Å²) in [6.45, 7) is 0. The summed E-state index contributed by atoms with van der Waals surface area (Å²) in [5, 5.41) is 12.9. The summed E-state index contributed by atoms with van der Waals surface area (Å²) in [5.41, 5.74) is 0.315. The van der Waals surface area contributed by atoms with E-state index in [1.54, 1.807) is 0 Å². The van der Waals surface area contributed by atoms with Gasteiger partial charge in [-0.2, -0.15) is 0 Å². The molecule has 100 valence electrons. The number of hydrogen-bond acceptors (Lipinski definition) is 4. The van der Waals surface area contributed by atoms with E-state index in [1.165, 1.54) is 5.38 Å². The molecule has 1 aromatic heterocycles. The van der Waals surface area contributed by atoms with E-state index >= 15 is 0 Å². The fraction of sp³-hybridized carbons (Fsp3) is 0.0909. The van der Waals surface area contributed by atoms with Crippen molar-refractivity contribution in [3.63, 3.8) is 0 Å². The Balaban J connectivity index is 2.17. The van der Waals surface area contributed by atoms with Gasteiger partial charge in [-0.25, -0.2) is 18.2 Å². The predicted molar refractivity (Wildman–Crippen MR) is 63.1 cm³/mol. The molecule has 0 unspecified atom stereocenters. The van der Waals surface area contributed by atoms with Gasteiger partial charge in [0.25, 0.3) is 0 Å². The lowest BCUT2D eigenvalue weighted by atomic mass is 10.3. The summed E-state index contributed by atoms with van der Waals surface area (Å²) in [6, 6.07) is 1.58. The van der Waals surface area contributed by atoms with E-state index in [-0.39, 0.29) is 17.2 Å². The molecule has 2 rings (SSSR count). The molecule has 19 heavy (non-hydrogen) atoms. The Morgan fingerprint density at radius 2 is 1.95 bits per heavy atom. The van der Waals surface area contributed by atoms with Gasteiger partial charge in [0.2, 0.25) is 0 Å². The highest BCUT2D eigenvalue weighted by atomic mass is 32.1. The van der Waals surface area contributed by atoms with Crippen LogP contribution in [0, 0.1) is 17.5 Å². The highest BCUT2D eigenvalue weighted by Gasteiger charge is 2.12. The number of carboxylic acid groups (broad SMARTS) is 1. The molecule has 4 nitrogen and oxygen atoms in total. The van der Waals surface area contributed by atoms with Crippen molar-refractivity contribution in [2.24, 2.45) is 0 Å². The molecule has 0 amide bonds. The average Bonchev–Trinajstić information content (AvgIpc) is 2.72. The first-order valence-electron chi connectivity index (χ1n) is 5.03. The quantitative estimate of drug-likeness (QED) is 0.849. The van der Waals surface area contributed by atoms with E-state index in [4.69, 9.17) is 5.11 Å². The van der Waals surface area contributed by atoms with Gasteiger partial charge in [0.15, 0.2) is 22.6 Å². The Morgan fingerprint density at radius 3 is 2.53 bits per heavy atom. The zero-order valence-corrected chi connectivity index (χ0v) is 10.1. The number of halogens is 3. The number of carbonyl (C=O) groups is 1. The summed E-state index contributed by atoms with van der Waals surface area (Å²) < 4.78 is 38.7. The van der Waals surface area contributed by atoms with Gasteiger partial charge in [-0.1, -0.05) is 0 Å². The number of benzene rings is 1. The summed E-state index contributed by atoms with van der Waals surface area (Å²) in [4.78, 5) is 14.4. The third-order valence-electron chi connectivity index (χ3n) is 2.12. The van der Waals surface area contributed by atoms with Gasteiger partial charge >= 0.3 is 5.97 Å². The highest BCUT2D eigenvalue weighted by molar-refractivity contribution is 7.13. The molecule has 1 heterocycles. The van der Waals surface area contributed by atoms with Gasteiger partial charge in [-0.3, -0.25) is 4.79 Å². The lowest BCUT2D eigenvalue weighted by Crippen LogP contribution is -2.00. The number of hydrogen-bond donors (Lipinski definition) is 2. The molecule has 0 aliphatic carbocycles. The van der Waals surface area contributed by atoms with E-state index in [1.807, 2.05) is 0 Å². The van der Waals surface area contributed by atoms with Gasteiger partial charge in [0.05, 0.1) is 12.1 Å². The molecule has 0 radical (unpaired) electrons. The van der Waals surface area contributed by atoms with Crippen LogP contribution in [0.2, 0.25) is 0 Å². The second-order valence-electron chi connectivity index (χ2n) is 3.59. The van der Waals surface area contributed by atoms with E-state index in [0.717, 1.165) is 23.5 Å². The number of rotatable bonds is 4. The topological polar surface area (TPSA) is 62.2 Å². The number of aliphatic carboxylic acids is 1. The molecule has 8 heteroatoms. The third-order valence-corrected chi connectivity index (χ3v) is 2.93. The SMILES string of the molecule is O=C(O)Cc1csc(Nc2cc(F)c(F)c(F)c2)n1. The Morgan fingerprint density at radius 1 is 1.32 bits per heavy atom. The van der Waals surface area contributed by atoms with Gasteiger partial charge in [0.1, 0.15) is 0 Å². The van der Waals surface area contributed by atoms with E-state index < -0.39 is 23.4 Å². The molecular weight excluding hydrogens is 281 g/mol. The van der Waals surface area contributed by atoms with Crippen LogP contribution < -0.4 is 5.32 Å². The van der Waals surface area contributed by atoms with Crippen LogP contribution >= 0.6 is 11.3 Å². The van der Waals surface area contributed by atoms with Crippen LogP contribution in [-0.2, 0) is 11.2 Å². The normalized spacial score (nSPS) is 10.5. The lowest BCUT2D eigenvalue weighted by Gasteiger charge is -2.03. The largest absolute Gasteiger partial charge is 0.481 e.